The molecule has 0 fully saturated rings. The molecule has 0 bridgehead atoms. The minimum Gasteiger partial charge on any atom is -0.385 e. The molecule has 1 aromatic carbocycles. The molecule has 1 amide bonds. The Morgan fingerprint density at radius 2 is 2.26 bits per heavy atom. The number of ether oxygens (including phenoxy) is 1. The first-order valence-electron chi connectivity index (χ1n) is 6.03. The van der Waals surface area contributed by atoms with Gasteiger partial charge < -0.3 is 15.4 Å². The first-order valence-corrected chi connectivity index (χ1v) is 7.20. The lowest BCUT2D eigenvalue weighted by Gasteiger charge is -2.16. The molecule has 106 valence electrons. The van der Waals surface area contributed by atoms with E-state index in [1.807, 2.05) is 13.0 Å². The predicted octanol–water partition coefficient (Wildman–Crippen LogP) is 3.06. The molecule has 1 aromatic rings. The average Bonchev–Trinajstić information content (AvgIpc) is 2.37. The summed E-state index contributed by atoms with van der Waals surface area (Å²) in [4.78, 5) is 11.8. The normalized spacial score (nSPS) is 12.0. The summed E-state index contributed by atoms with van der Waals surface area (Å²) in [5.41, 5.74) is 0.837. The van der Waals surface area contributed by atoms with Crippen molar-refractivity contribution in [1.82, 2.24) is 5.32 Å². The quantitative estimate of drug-likeness (QED) is 0.744. The zero-order valence-electron chi connectivity index (χ0n) is 11.0. The van der Waals surface area contributed by atoms with Gasteiger partial charge in [0.2, 0.25) is 5.91 Å². The fraction of sp³-hybridized carbons (Fsp3) is 0.462. The molecule has 0 aliphatic rings. The van der Waals surface area contributed by atoms with Crippen LogP contribution in [0.2, 0.25) is 5.02 Å². The van der Waals surface area contributed by atoms with E-state index in [1.54, 1.807) is 19.2 Å². The van der Waals surface area contributed by atoms with Gasteiger partial charge in [-0.1, -0.05) is 11.6 Å². The van der Waals surface area contributed by atoms with Crippen molar-refractivity contribution >= 4 is 39.1 Å². The molecule has 0 aliphatic heterocycles. The van der Waals surface area contributed by atoms with Crippen LogP contribution in [-0.2, 0) is 9.53 Å². The van der Waals surface area contributed by atoms with Gasteiger partial charge in [0, 0.05) is 35.4 Å². The molecule has 0 radical (unpaired) electrons. The van der Waals surface area contributed by atoms with Gasteiger partial charge in [-0.15, -0.1) is 0 Å². The highest BCUT2D eigenvalue weighted by atomic mass is 79.9. The van der Waals surface area contributed by atoms with Crippen molar-refractivity contribution in [3.63, 3.8) is 0 Å². The third kappa shape index (κ3) is 5.80. The fourth-order valence-electron chi connectivity index (χ4n) is 1.49. The fourth-order valence-corrected chi connectivity index (χ4v) is 2.28. The lowest BCUT2D eigenvalue weighted by atomic mass is 10.2. The lowest BCUT2D eigenvalue weighted by molar-refractivity contribution is -0.121. The number of amides is 1. The smallest absolute Gasteiger partial charge is 0.242 e. The van der Waals surface area contributed by atoms with Crippen LogP contribution in [0, 0.1) is 0 Å². The van der Waals surface area contributed by atoms with Crippen molar-refractivity contribution in [3.8, 4) is 0 Å². The minimum atomic E-state index is -0.319. The molecule has 0 spiro atoms. The van der Waals surface area contributed by atoms with Crippen LogP contribution in [0.15, 0.2) is 22.7 Å². The highest BCUT2D eigenvalue weighted by Crippen LogP contribution is 2.26. The summed E-state index contributed by atoms with van der Waals surface area (Å²) < 4.78 is 5.75. The van der Waals surface area contributed by atoms with E-state index in [9.17, 15) is 4.79 Å². The summed E-state index contributed by atoms with van der Waals surface area (Å²) >= 11 is 9.27. The molecule has 0 aromatic heterocycles. The van der Waals surface area contributed by atoms with E-state index in [0.29, 0.717) is 18.2 Å². The van der Waals surface area contributed by atoms with Gasteiger partial charge in [0.1, 0.15) is 6.04 Å². The molecule has 1 atom stereocenters. The number of rotatable bonds is 7. The summed E-state index contributed by atoms with van der Waals surface area (Å²) in [6, 6.07) is 5.08. The second-order valence-corrected chi connectivity index (χ2v) is 5.42. The van der Waals surface area contributed by atoms with Crippen LogP contribution >= 0.6 is 27.5 Å². The van der Waals surface area contributed by atoms with Crippen LogP contribution in [0.25, 0.3) is 0 Å². The Morgan fingerprint density at radius 3 is 2.89 bits per heavy atom. The van der Waals surface area contributed by atoms with Crippen LogP contribution < -0.4 is 10.6 Å². The van der Waals surface area contributed by atoms with E-state index in [1.165, 1.54) is 0 Å². The number of nitrogens with one attached hydrogen (secondary N) is 2. The van der Waals surface area contributed by atoms with Crippen LogP contribution in [0.3, 0.4) is 0 Å². The van der Waals surface area contributed by atoms with Crippen molar-refractivity contribution < 1.29 is 9.53 Å². The maximum atomic E-state index is 11.8. The molecule has 1 unspecified atom stereocenters. The highest BCUT2D eigenvalue weighted by Gasteiger charge is 2.13. The van der Waals surface area contributed by atoms with E-state index in [-0.39, 0.29) is 11.9 Å². The third-order valence-corrected chi connectivity index (χ3v) is 3.41. The van der Waals surface area contributed by atoms with Crippen LogP contribution in [0.5, 0.6) is 0 Å². The maximum absolute atomic E-state index is 11.8. The number of halogens is 2. The van der Waals surface area contributed by atoms with E-state index >= 15 is 0 Å². The Morgan fingerprint density at radius 1 is 1.53 bits per heavy atom. The van der Waals surface area contributed by atoms with Gasteiger partial charge >= 0.3 is 0 Å². The van der Waals surface area contributed by atoms with E-state index in [4.69, 9.17) is 16.3 Å². The summed E-state index contributed by atoms with van der Waals surface area (Å²) in [5.74, 6) is -0.0436. The SMILES string of the molecule is COCCCNC(=O)C(C)Nc1ccc(Cl)cc1Br. The Labute approximate surface area is 127 Å². The topological polar surface area (TPSA) is 50.4 Å². The van der Waals surface area contributed by atoms with Crippen LogP contribution in [0.4, 0.5) is 5.69 Å². The first kappa shape index (κ1) is 16.3. The lowest BCUT2D eigenvalue weighted by Crippen LogP contribution is -2.38. The van der Waals surface area contributed by atoms with E-state index < -0.39 is 0 Å². The number of carbonyl (C=O) groups excluding carboxylic acids is 1. The third-order valence-electron chi connectivity index (χ3n) is 2.52. The predicted molar refractivity (Wildman–Crippen MR) is 81.7 cm³/mol. The molecule has 4 nitrogen and oxygen atoms in total. The van der Waals surface area contributed by atoms with Crippen molar-refractivity contribution in [2.45, 2.75) is 19.4 Å². The minimum absolute atomic E-state index is 0.0436. The maximum Gasteiger partial charge on any atom is 0.242 e. The monoisotopic (exact) mass is 348 g/mol. The molecule has 0 aliphatic carbocycles. The Hall–Kier alpha value is -0.780. The number of anilines is 1. The average molecular weight is 350 g/mol. The van der Waals surface area contributed by atoms with Gasteiger partial charge in [0.05, 0.1) is 0 Å². The molecule has 0 saturated heterocycles. The molecule has 19 heavy (non-hydrogen) atoms. The van der Waals surface area contributed by atoms with Crippen LogP contribution in [-0.4, -0.2) is 32.2 Å². The Kier molecular flexibility index (Phi) is 7.20. The Balaban J connectivity index is 2.45. The molecule has 1 rings (SSSR count). The van der Waals surface area contributed by atoms with Gasteiger partial charge in [-0.05, 0) is 47.5 Å². The van der Waals surface area contributed by atoms with Gasteiger partial charge in [0.15, 0.2) is 0 Å². The van der Waals surface area contributed by atoms with Gasteiger partial charge in [0.25, 0.3) is 0 Å². The number of hydrogen-bond donors (Lipinski definition) is 2. The molecule has 2 N–H and O–H groups in total. The highest BCUT2D eigenvalue weighted by molar-refractivity contribution is 9.10. The zero-order chi connectivity index (χ0) is 14.3. The van der Waals surface area contributed by atoms with E-state index in [0.717, 1.165) is 16.6 Å². The zero-order valence-corrected chi connectivity index (χ0v) is 13.3. The summed E-state index contributed by atoms with van der Waals surface area (Å²) in [6.45, 7) is 3.07. The number of benzene rings is 1. The van der Waals surface area contributed by atoms with Crippen LogP contribution in [0.1, 0.15) is 13.3 Å². The largest absolute Gasteiger partial charge is 0.385 e. The van der Waals surface area contributed by atoms with E-state index in [2.05, 4.69) is 26.6 Å². The van der Waals surface area contributed by atoms with Gasteiger partial charge in [-0.25, -0.2) is 0 Å². The van der Waals surface area contributed by atoms with Crippen molar-refractivity contribution in [2.24, 2.45) is 0 Å². The van der Waals surface area contributed by atoms with Crippen molar-refractivity contribution in [3.05, 3.63) is 27.7 Å². The summed E-state index contributed by atoms with van der Waals surface area (Å²) in [7, 11) is 1.64. The Bertz CT molecular complexity index is 429. The summed E-state index contributed by atoms with van der Waals surface area (Å²) in [5, 5.41) is 6.62. The first-order chi connectivity index (χ1) is 9.04. The van der Waals surface area contributed by atoms with Gasteiger partial charge in [-0.2, -0.15) is 0 Å². The second kappa shape index (κ2) is 8.40. The number of carbonyl (C=O) groups is 1. The standard InChI is InChI=1S/C13H18BrClN2O2/c1-9(13(18)16-6-3-7-19-2)17-12-5-4-10(15)8-11(12)14/h4-5,8-9,17H,3,6-7H2,1-2H3,(H,16,18). The number of hydrogen-bond acceptors (Lipinski definition) is 3. The number of methoxy groups -OCH3 is 1. The molecule has 0 heterocycles. The summed E-state index contributed by atoms with van der Waals surface area (Å²) in [6.07, 6.45) is 0.805. The molecule has 6 heteroatoms. The molecular weight excluding hydrogens is 332 g/mol. The second-order valence-electron chi connectivity index (χ2n) is 4.13. The van der Waals surface area contributed by atoms with Crippen molar-refractivity contribution in [2.75, 3.05) is 25.6 Å². The molecular formula is C13H18BrClN2O2. The van der Waals surface area contributed by atoms with Gasteiger partial charge in [-0.3, -0.25) is 4.79 Å². The van der Waals surface area contributed by atoms with Crippen molar-refractivity contribution in [1.29, 1.82) is 0 Å². The molecule has 0 saturated carbocycles.